The second kappa shape index (κ2) is 6.55. The Bertz CT molecular complexity index is 815. The quantitative estimate of drug-likeness (QED) is 0.866. The summed E-state index contributed by atoms with van der Waals surface area (Å²) in [7, 11) is 0. The zero-order valence-corrected chi connectivity index (χ0v) is 12.3. The summed E-state index contributed by atoms with van der Waals surface area (Å²) in [6.07, 6.45) is -3.52. The van der Waals surface area contributed by atoms with Crippen molar-refractivity contribution in [2.75, 3.05) is 10.4 Å². The number of halogens is 3. The smallest absolute Gasteiger partial charge is 0.417 e. The predicted octanol–water partition coefficient (Wildman–Crippen LogP) is 3.57. The van der Waals surface area contributed by atoms with Crippen molar-refractivity contribution < 1.29 is 18.0 Å². The van der Waals surface area contributed by atoms with Crippen molar-refractivity contribution in [2.24, 2.45) is 0 Å². The minimum absolute atomic E-state index is 0.0267. The Morgan fingerprint density at radius 2 is 2.04 bits per heavy atom. The maximum atomic E-state index is 13.1. The van der Waals surface area contributed by atoms with E-state index in [0.29, 0.717) is 6.07 Å². The average Bonchev–Trinajstić information content (AvgIpc) is 2.54. The second-order valence-electron chi connectivity index (χ2n) is 4.70. The molecule has 2 aromatic rings. The van der Waals surface area contributed by atoms with Crippen LogP contribution in [-0.2, 0) is 11.0 Å². The Hall–Kier alpha value is -3.12. The van der Waals surface area contributed by atoms with E-state index in [1.54, 1.807) is 5.48 Å². The maximum Gasteiger partial charge on any atom is 0.417 e. The zero-order chi connectivity index (χ0) is 17.9. The SMILES string of the molecule is CC(=O)N(c1ccc(C#N)c(C(F)(F)F)c1)c1cc(N[O-])ccn1. The van der Waals surface area contributed by atoms with Gasteiger partial charge < -0.3 is 10.7 Å². The minimum atomic E-state index is -4.75. The molecule has 0 saturated carbocycles. The number of aromatic nitrogens is 1. The lowest BCUT2D eigenvalue weighted by atomic mass is 10.1. The second-order valence-corrected chi connectivity index (χ2v) is 4.70. The van der Waals surface area contributed by atoms with Crippen molar-refractivity contribution in [3.63, 3.8) is 0 Å². The van der Waals surface area contributed by atoms with Crippen molar-refractivity contribution >= 4 is 23.1 Å². The molecule has 0 aliphatic carbocycles. The van der Waals surface area contributed by atoms with E-state index in [0.717, 1.165) is 17.9 Å². The van der Waals surface area contributed by atoms with Gasteiger partial charge in [-0.05, 0) is 24.3 Å². The first-order chi connectivity index (χ1) is 11.3. The van der Waals surface area contributed by atoms with Crippen molar-refractivity contribution in [2.45, 2.75) is 13.1 Å². The Labute approximate surface area is 134 Å². The first-order valence-electron chi connectivity index (χ1n) is 6.54. The monoisotopic (exact) mass is 335 g/mol. The van der Waals surface area contributed by atoms with Gasteiger partial charge >= 0.3 is 6.18 Å². The summed E-state index contributed by atoms with van der Waals surface area (Å²) < 4.78 is 39.2. The molecule has 0 atom stereocenters. The van der Waals surface area contributed by atoms with Crippen LogP contribution in [0, 0.1) is 16.5 Å². The number of alkyl halides is 3. The molecule has 1 aromatic heterocycles. The molecule has 24 heavy (non-hydrogen) atoms. The topological polar surface area (TPSA) is 92.1 Å². The van der Waals surface area contributed by atoms with Gasteiger partial charge in [-0.2, -0.15) is 18.4 Å². The molecule has 124 valence electrons. The summed E-state index contributed by atoms with van der Waals surface area (Å²) in [6, 6.07) is 6.90. The molecule has 0 aliphatic rings. The van der Waals surface area contributed by atoms with Gasteiger partial charge in [0.2, 0.25) is 5.91 Å². The number of hydrogen-bond acceptors (Lipinski definition) is 5. The molecule has 0 unspecified atom stereocenters. The molecule has 0 bridgehead atoms. The van der Waals surface area contributed by atoms with E-state index in [2.05, 4.69) is 4.98 Å². The molecule has 9 heteroatoms. The summed E-state index contributed by atoms with van der Waals surface area (Å²) >= 11 is 0. The van der Waals surface area contributed by atoms with Gasteiger partial charge in [0.05, 0.1) is 22.9 Å². The van der Waals surface area contributed by atoms with E-state index >= 15 is 0 Å². The number of hydrogen-bond donors (Lipinski definition) is 1. The zero-order valence-electron chi connectivity index (χ0n) is 12.3. The van der Waals surface area contributed by atoms with E-state index in [1.165, 1.54) is 30.5 Å². The summed E-state index contributed by atoms with van der Waals surface area (Å²) in [6.45, 7) is 1.14. The molecule has 1 aromatic carbocycles. The number of nitriles is 1. The largest absolute Gasteiger partial charge is 0.761 e. The van der Waals surface area contributed by atoms with Crippen LogP contribution in [0.1, 0.15) is 18.1 Å². The number of nitrogens with zero attached hydrogens (tertiary/aromatic N) is 3. The summed E-state index contributed by atoms with van der Waals surface area (Å²) in [5.74, 6) is -0.635. The summed E-state index contributed by atoms with van der Waals surface area (Å²) in [5, 5.41) is 19.5. The number of nitrogens with one attached hydrogen (secondary N) is 1. The highest BCUT2D eigenvalue weighted by Crippen LogP contribution is 2.36. The van der Waals surface area contributed by atoms with Gasteiger partial charge in [-0.1, -0.05) is 0 Å². The van der Waals surface area contributed by atoms with E-state index in [9.17, 15) is 23.2 Å². The molecule has 6 nitrogen and oxygen atoms in total. The first-order valence-corrected chi connectivity index (χ1v) is 6.54. The lowest BCUT2D eigenvalue weighted by Crippen LogP contribution is -2.24. The molecule has 1 heterocycles. The third kappa shape index (κ3) is 3.44. The van der Waals surface area contributed by atoms with Crippen LogP contribution >= 0.6 is 0 Å². The van der Waals surface area contributed by atoms with Crippen molar-refractivity contribution in [3.8, 4) is 6.07 Å². The fourth-order valence-corrected chi connectivity index (χ4v) is 2.08. The molecular weight excluding hydrogens is 325 g/mol. The number of carbonyl (C=O) groups is 1. The molecule has 0 saturated heterocycles. The van der Waals surface area contributed by atoms with Crippen molar-refractivity contribution in [3.05, 3.63) is 52.9 Å². The summed E-state index contributed by atoms with van der Waals surface area (Å²) in [5.41, 5.74) is -0.130. The molecule has 1 amide bonds. The van der Waals surface area contributed by atoms with Crippen molar-refractivity contribution in [1.29, 1.82) is 5.26 Å². The lowest BCUT2D eigenvalue weighted by molar-refractivity contribution is -0.137. The molecule has 0 spiro atoms. The molecule has 0 fully saturated rings. The van der Waals surface area contributed by atoms with Crippen LogP contribution < -0.4 is 10.4 Å². The molecule has 0 radical (unpaired) electrons. The number of rotatable bonds is 3. The van der Waals surface area contributed by atoms with Crippen LogP contribution in [0.4, 0.5) is 30.4 Å². The van der Waals surface area contributed by atoms with Crippen LogP contribution in [0.25, 0.3) is 0 Å². The number of benzene rings is 1. The number of carbonyl (C=O) groups excluding carboxylic acids is 1. The maximum absolute atomic E-state index is 13.1. The third-order valence-electron chi connectivity index (χ3n) is 3.09. The molecule has 1 N–H and O–H groups in total. The van der Waals surface area contributed by atoms with E-state index in [4.69, 9.17) is 5.26 Å². The van der Waals surface area contributed by atoms with Crippen LogP contribution in [0.5, 0.6) is 0 Å². The normalized spacial score (nSPS) is 10.8. The van der Waals surface area contributed by atoms with Gasteiger partial charge in [0.1, 0.15) is 5.82 Å². The van der Waals surface area contributed by atoms with Gasteiger partial charge in [-0.3, -0.25) is 9.69 Å². The van der Waals surface area contributed by atoms with Gasteiger partial charge in [-0.15, -0.1) is 0 Å². The van der Waals surface area contributed by atoms with Gasteiger partial charge in [0.25, 0.3) is 0 Å². The molecular formula is C15H10F3N4O2-. The van der Waals surface area contributed by atoms with Crippen LogP contribution in [0.3, 0.4) is 0 Å². The van der Waals surface area contributed by atoms with Gasteiger partial charge in [0.15, 0.2) is 0 Å². The van der Waals surface area contributed by atoms with Crippen LogP contribution in [0.2, 0.25) is 0 Å². The average molecular weight is 335 g/mol. The van der Waals surface area contributed by atoms with Crippen LogP contribution in [-0.4, -0.2) is 10.9 Å². The highest BCUT2D eigenvalue weighted by Gasteiger charge is 2.34. The predicted molar refractivity (Wildman–Crippen MR) is 80.2 cm³/mol. The fourth-order valence-electron chi connectivity index (χ4n) is 2.08. The van der Waals surface area contributed by atoms with Crippen molar-refractivity contribution in [1.82, 2.24) is 4.98 Å². The van der Waals surface area contributed by atoms with E-state index in [-0.39, 0.29) is 17.2 Å². The summed E-state index contributed by atoms with van der Waals surface area (Å²) in [4.78, 5) is 16.7. The van der Waals surface area contributed by atoms with Gasteiger partial charge in [0, 0.05) is 24.9 Å². The number of pyridine rings is 1. The third-order valence-corrected chi connectivity index (χ3v) is 3.09. The Morgan fingerprint density at radius 3 is 2.58 bits per heavy atom. The Morgan fingerprint density at radius 1 is 1.33 bits per heavy atom. The first kappa shape index (κ1) is 17.2. The molecule has 2 rings (SSSR count). The van der Waals surface area contributed by atoms with Gasteiger partial charge in [-0.25, -0.2) is 4.98 Å². The fraction of sp³-hybridized carbons (Fsp3) is 0.133. The number of amides is 1. The Balaban J connectivity index is 2.61. The highest BCUT2D eigenvalue weighted by atomic mass is 19.4. The van der Waals surface area contributed by atoms with E-state index in [1.807, 2.05) is 0 Å². The minimum Gasteiger partial charge on any atom is -0.761 e. The highest BCUT2D eigenvalue weighted by molar-refractivity contribution is 5.98. The lowest BCUT2D eigenvalue weighted by Gasteiger charge is -2.22. The van der Waals surface area contributed by atoms with Crippen LogP contribution in [0.15, 0.2) is 36.5 Å². The standard InChI is InChI=1S/C15H10F3N4O2/c1-9(23)22(14-6-11(21-24)4-5-20-14)12-3-2-10(8-19)13(7-12)15(16,17)18/h2-7H,1H3,(H-,20,21,24)/q-1. The molecule has 0 aliphatic heterocycles. The number of anilines is 3. The Kier molecular flexibility index (Phi) is 4.71. The van der Waals surface area contributed by atoms with E-state index < -0.39 is 23.2 Å².